The van der Waals surface area contributed by atoms with E-state index >= 15 is 0 Å². The van der Waals surface area contributed by atoms with Crippen molar-refractivity contribution >= 4 is 41.0 Å². The van der Waals surface area contributed by atoms with Gasteiger partial charge in [-0.25, -0.2) is 24.3 Å². The quantitative estimate of drug-likeness (QED) is 0.366. The Kier molecular flexibility index (Phi) is 6.35. The minimum Gasteiger partial charge on any atom is -0.375 e. The molecule has 0 bridgehead atoms. The van der Waals surface area contributed by atoms with Gasteiger partial charge in [0, 0.05) is 23.5 Å². The van der Waals surface area contributed by atoms with E-state index < -0.39 is 19.0 Å². The number of pyridine rings is 2. The van der Waals surface area contributed by atoms with Crippen LogP contribution < -0.4 is 10.9 Å². The predicted octanol–water partition coefficient (Wildman–Crippen LogP) is 5.48. The van der Waals surface area contributed by atoms with E-state index in [1.54, 1.807) is 45.6 Å². The van der Waals surface area contributed by atoms with E-state index in [0.717, 1.165) is 0 Å². The van der Waals surface area contributed by atoms with Crippen LogP contribution in [0.15, 0.2) is 42.7 Å². The van der Waals surface area contributed by atoms with Gasteiger partial charge in [-0.15, -0.1) is 0 Å². The van der Waals surface area contributed by atoms with Crippen molar-refractivity contribution in [3.63, 3.8) is 0 Å². The van der Waals surface area contributed by atoms with Crippen LogP contribution in [0.4, 0.5) is 10.1 Å². The minimum absolute atomic E-state index is 0.301. The number of fused-ring (bicyclic) bond motifs is 1. The van der Waals surface area contributed by atoms with Crippen LogP contribution in [0.25, 0.3) is 22.3 Å². The topological polar surface area (TPSA) is 104 Å². The maximum absolute atomic E-state index is 14.5. The van der Waals surface area contributed by atoms with Gasteiger partial charge in [0.2, 0.25) is 0 Å². The Hall–Kier alpha value is -3.40. The van der Waals surface area contributed by atoms with E-state index in [4.69, 9.17) is 16.6 Å². The van der Waals surface area contributed by atoms with Gasteiger partial charge in [0.15, 0.2) is 5.57 Å². The number of rotatable bonds is 5. The molecular weight excluding hydrogens is 474 g/mol. The minimum atomic E-state index is -2.57. The number of nitrogens with zero attached hydrogens (tertiary/aromatic N) is 5. The van der Waals surface area contributed by atoms with E-state index in [1.165, 1.54) is 18.2 Å². The molecule has 0 aliphatic heterocycles. The third-order valence-corrected chi connectivity index (χ3v) is 6.96. The molecule has 0 aliphatic rings. The van der Waals surface area contributed by atoms with Crippen molar-refractivity contribution in [3.05, 3.63) is 70.4 Å². The highest BCUT2D eigenvalue weighted by Crippen LogP contribution is 2.36. The van der Waals surface area contributed by atoms with Crippen molar-refractivity contribution in [2.75, 3.05) is 18.6 Å². The summed E-state index contributed by atoms with van der Waals surface area (Å²) in [4.78, 5) is 17.7. The fraction of sp³-hybridized carbons (Fsp3) is 0.208. The maximum Gasteiger partial charge on any atom is 0.188 e. The summed E-state index contributed by atoms with van der Waals surface area (Å²) >= 11 is 6.60. The van der Waals surface area contributed by atoms with Gasteiger partial charge in [-0.3, -0.25) is 0 Å². The molecule has 34 heavy (non-hydrogen) atoms. The smallest absolute Gasteiger partial charge is 0.188 e. The van der Waals surface area contributed by atoms with Gasteiger partial charge in [-0.2, -0.15) is 5.26 Å². The number of aromatic nitrogens is 4. The number of nitrogens with one attached hydrogen (secondary N) is 1. The molecule has 1 atom stereocenters. The monoisotopic (exact) mass is 494 g/mol. The fourth-order valence-corrected chi connectivity index (χ4v) is 4.36. The van der Waals surface area contributed by atoms with Crippen LogP contribution in [0.5, 0.6) is 0 Å². The summed E-state index contributed by atoms with van der Waals surface area (Å²) in [6, 6.07) is 9.34. The molecule has 172 valence electrons. The van der Waals surface area contributed by atoms with Crippen LogP contribution >= 0.6 is 18.7 Å². The van der Waals surface area contributed by atoms with Gasteiger partial charge in [-0.05, 0) is 57.5 Å². The number of aryl methyl sites for hydroxylation is 1. The van der Waals surface area contributed by atoms with Crippen molar-refractivity contribution in [2.45, 2.75) is 19.9 Å². The highest BCUT2D eigenvalue weighted by Gasteiger charge is 2.19. The maximum atomic E-state index is 14.5. The van der Waals surface area contributed by atoms with Gasteiger partial charge in [0.1, 0.15) is 18.5 Å². The summed E-state index contributed by atoms with van der Waals surface area (Å²) in [5.74, 6) is -0.430. The molecule has 0 saturated carbocycles. The summed E-state index contributed by atoms with van der Waals surface area (Å²) < 4.78 is 26.7. The summed E-state index contributed by atoms with van der Waals surface area (Å²) in [6.45, 7) is 6.78. The molecule has 0 amide bonds. The number of nitriles is 1. The van der Waals surface area contributed by atoms with Gasteiger partial charge < -0.3 is 9.88 Å². The second kappa shape index (κ2) is 9.09. The van der Waals surface area contributed by atoms with Gasteiger partial charge in [-0.1, -0.05) is 11.6 Å². The van der Waals surface area contributed by atoms with Crippen LogP contribution in [-0.4, -0.2) is 33.3 Å². The second-order valence-corrected chi connectivity index (χ2v) is 11.8. The SMILES string of the molecule is Cc1nc2ccc(-c3cnc(P(C)(C)=O)nc3)nc2c(NC(C)c2cc(C#N)ccc2F)c1Cl. The molecule has 0 saturated heterocycles. The van der Waals surface area contributed by atoms with Crippen molar-refractivity contribution in [2.24, 2.45) is 0 Å². The van der Waals surface area contributed by atoms with Gasteiger partial charge in [0.05, 0.1) is 45.3 Å². The van der Waals surface area contributed by atoms with E-state index in [1.807, 2.05) is 12.1 Å². The molecule has 1 N–H and O–H groups in total. The first-order valence-corrected chi connectivity index (χ1v) is 13.4. The van der Waals surface area contributed by atoms with Gasteiger partial charge in [0.25, 0.3) is 0 Å². The standard InChI is InChI=1S/C24H21ClFN6OP/c1-13(17-9-15(10-27)5-6-18(17)26)31-23-21(25)14(2)30-20-8-7-19(32-22(20)23)16-11-28-24(29-12-16)34(3,4)33/h5-9,11-13H,1-4H3,(H,30,31). The van der Waals surface area contributed by atoms with E-state index in [0.29, 0.717) is 55.4 Å². The average molecular weight is 495 g/mol. The Labute approximate surface area is 201 Å². The molecule has 0 fully saturated rings. The number of halogens is 2. The third kappa shape index (κ3) is 4.63. The highest BCUT2D eigenvalue weighted by atomic mass is 35.5. The molecule has 0 radical (unpaired) electrons. The molecule has 3 aromatic heterocycles. The van der Waals surface area contributed by atoms with E-state index in [2.05, 4.69) is 20.3 Å². The zero-order valence-electron chi connectivity index (χ0n) is 19.0. The molecule has 0 aliphatic carbocycles. The molecule has 4 aromatic rings. The van der Waals surface area contributed by atoms with Crippen molar-refractivity contribution in [3.8, 4) is 17.3 Å². The lowest BCUT2D eigenvalue weighted by Crippen LogP contribution is -2.12. The Morgan fingerprint density at radius 3 is 2.50 bits per heavy atom. The lowest BCUT2D eigenvalue weighted by Gasteiger charge is -2.20. The Balaban J connectivity index is 1.79. The Morgan fingerprint density at radius 2 is 1.85 bits per heavy atom. The molecule has 10 heteroatoms. The average Bonchev–Trinajstić information content (AvgIpc) is 2.81. The van der Waals surface area contributed by atoms with Crippen LogP contribution in [0.3, 0.4) is 0 Å². The summed E-state index contributed by atoms with van der Waals surface area (Å²) in [7, 11) is -2.57. The second-order valence-electron chi connectivity index (χ2n) is 8.29. The Bertz CT molecular complexity index is 1500. The van der Waals surface area contributed by atoms with Gasteiger partial charge >= 0.3 is 0 Å². The number of anilines is 1. The summed E-state index contributed by atoms with van der Waals surface area (Å²) in [5, 5.41) is 12.8. The zero-order valence-corrected chi connectivity index (χ0v) is 20.6. The summed E-state index contributed by atoms with van der Waals surface area (Å²) in [5.41, 5.74) is 4.42. The van der Waals surface area contributed by atoms with E-state index in [-0.39, 0.29) is 0 Å². The molecule has 0 spiro atoms. The molecule has 3 heterocycles. The molecule has 4 rings (SSSR count). The lowest BCUT2D eigenvalue weighted by atomic mass is 10.0. The number of hydrogen-bond donors (Lipinski definition) is 1. The fourth-order valence-electron chi connectivity index (χ4n) is 3.50. The summed E-state index contributed by atoms with van der Waals surface area (Å²) in [6.07, 6.45) is 3.16. The van der Waals surface area contributed by atoms with E-state index in [9.17, 15) is 14.2 Å². The van der Waals surface area contributed by atoms with Crippen molar-refractivity contribution in [1.29, 1.82) is 5.26 Å². The normalized spacial score (nSPS) is 12.4. The van der Waals surface area contributed by atoms with Crippen LogP contribution in [0, 0.1) is 24.1 Å². The molecule has 1 aromatic carbocycles. The van der Waals surface area contributed by atoms with Crippen molar-refractivity contribution < 1.29 is 8.96 Å². The first-order valence-electron chi connectivity index (χ1n) is 10.4. The third-order valence-electron chi connectivity index (χ3n) is 5.30. The molecule has 7 nitrogen and oxygen atoms in total. The predicted molar refractivity (Wildman–Crippen MR) is 133 cm³/mol. The molecule has 1 unspecified atom stereocenters. The lowest BCUT2D eigenvalue weighted by molar-refractivity contribution is 0.587. The Morgan fingerprint density at radius 1 is 1.15 bits per heavy atom. The highest BCUT2D eigenvalue weighted by molar-refractivity contribution is 7.69. The first-order chi connectivity index (χ1) is 16.1. The molecular formula is C24H21ClFN6OP. The van der Waals surface area contributed by atoms with Crippen LogP contribution in [0.2, 0.25) is 5.02 Å². The first kappa shape index (κ1) is 23.7. The van der Waals surface area contributed by atoms with Crippen LogP contribution in [0.1, 0.15) is 29.8 Å². The zero-order chi connectivity index (χ0) is 24.6. The largest absolute Gasteiger partial charge is 0.375 e. The number of hydrogen-bond acceptors (Lipinski definition) is 7. The van der Waals surface area contributed by atoms with Crippen LogP contribution in [-0.2, 0) is 4.57 Å². The number of benzene rings is 1. The van der Waals surface area contributed by atoms with Crippen molar-refractivity contribution in [1.82, 2.24) is 19.9 Å².